The molecule has 0 fully saturated rings. The van der Waals surface area contributed by atoms with E-state index in [-0.39, 0.29) is 5.91 Å². The molecule has 0 radical (unpaired) electrons. The van der Waals surface area contributed by atoms with Crippen molar-refractivity contribution >= 4 is 17.5 Å². The molecule has 26 heavy (non-hydrogen) atoms. The minimum atomic E-state index is -0.0984. The number of hydrogen-bond acceptors (Lipinski definition) is 5. The first kappa shape index (κ1) is 17.9. The van der Waals surface area contributed by atoms with Crippen molar-refractivity contribution in [3.63, 3.8) is 0 Å². The summed E-state index contributed by atoms with van der Waals surface area (Å²) in [5, 5.41) is 4.51. The molecule has 1 amide bonds. The summed E-state index contributed by atoms with van der Waals surface area (Å²) in [6.07, 6.45) is 0.472. The van der Waals surface area contributed by atoms with Crippen molar-refractivity contribution in [1.29, 1.82) is 0 Å². The van der Waals surface area contributed by atoms with Crippen LogP contribution in [0.2, 0.25) is 5.02 Å². The number of benzene rings is 2. The van der Waals surface area contributed by atoms with Gasteiger partial charge in [0.25, 0.3) is 11.8 Å². The lowest BCUT2D eigenvalue weighted by Crippen LogP contribution is -2.29. The van der Waals surface area contributed by atoms with Gasteiger partial charge in [-0.1, -0.05) is 35.0 Å². The van der Waals surface area contributed by atoms with Crippen LogP contribution >= 0.6 is 11.6 Å². The van der Waals surface area contributed by atoms with Crippen molar-refractivity contribution < 1.29 is 14.1 Å². The Balaban J connectivity index is 1.64. The molecule has 0 saturated carbocycles. The van der Waals surface area contributed by atoms with E-state index in [2.05, 4.69) is 10.1 Å². The van der Waals surface area contributed by atoms with E-state index in [4.69, 9.17) is 20.9 Å². The Hall–Kier alpha value is -2.86. The number of amides is 1. The summed E-state index contributed by atoms with van der Waals surface area (Å²) in [6, 6.07) is 14.3. The lowest BCUT2D eigenvalue weighted by Gasteiger charge is -2.16. The number of halogens is 1. The number of methoxy groups -OCH3 is 1. The lowest BCUT2D eigenvalue weighted by atomic mass is 10.2. The first-order chi connectivity index (χ1) is 12.6. The maximum Gasteiger partial charge on any atom is 0.259 e. The molecule has 0 aliphatic rings. The highest BCUT2D eigenvalue weighted by molar-refractivity contribution is 6.33. The molecule has 3 aromatic rings. The largest absolute Gasteiger partial charge is 0.497 e. The molecule has 1 heterocycles. The monoisotopic (exact) mass is 371 g/mol. The van der Waals surface area contributed by atoms with Crippen molar-refractivity contribution in [2.75, 3.05) is 20.7 Å². The van der Waals surface area contributed by atoms with Gasteiger partial charge < -0.3 is 14.2 Å². The van der Waals surface area contributed by atoms with Gasteiger partial charge in [-0.15, -0.1) is 0 Å². The van der Waals surface area contributed by atoms with E-state index >= 15 is 0 Å². The highest BCUT2D eigenvalue weighted by atomic mass is 35.5. The van der Waals surface area contributed by atoms with Crippen LogP contribution in [0.1, 0.15) is 16.2 Å². The molecule has 7 heteroatoms. The number of aromatic nitrogens is 2. The summed E-state index contributed by atoms with van der Waals surface area (Å²) in [5.41, 5.74) is 1.26. The molecule has 0 spiro atoms. The molecule has 1 aromatic heterocycles. The molecule has 0 aliphatic carbocycles. The van der Waals surface area contributed by atoms with E-state index in [1.54, 1.807) is 49.4 Å². The maximum absolute atomic E-state index is 12.5. The number of nitrogens with zero attached hydrogens (tertiary/aromatic N) is 3. The number of hydrogen-bond donors (Lipinski definition) is 0. The van der Waals surface area contributed by atoms with Crippen molar-refractivity contribution in [3.05, 3.63) is 64.9 Å². The van der Waals surface area contributed by atoms with E-state index in [9.17, 15) is 4.79 Å². The van der Waals surface area contributed by atoms with E-state index < -0.39 is 0 Å². The predicted molar refractivity (Wildman–Crippen MR) is 98.4 cm³/mol. The van der Waals surface area contributed by atoms with E-state index in [0.717, 1.165) is 0 Å². The molecular formula is C19H18ClN3O3. The highest BCUT2D eigenvalue weighted by Crippen LogP contribution is 2.25. The molecular weight excluding hydrogens is 354 g/mol. The molecule has 3 rings (SSSR count). The SMILES string of the molecule is COc1cccc(C(=O)N(C)CCc2noc(-c3ccccc3Cl)n2)c1. The van der Waals surface area contributed by atoms with Crippen LogP contribution in [0.15, 0.2) is 53.1 Å². The number of likely N-dealkylation sites (N-methyl/N-ethyl adjacent to an activating group) is 1. The number of ether oxygens (including phenoxy) is 1. The minimum absolute atomic E-state index is 0.0984. The van der Waals surface area contributed by atoms with Gasteiger partial charge in [-0.05, 0) is 30.3 Å². The summed E-state index contributed by atoms with van der Waals surface area (Å²) in [5.74, 6) is 1.43. The topological polar surface area (TPSA) is 68.5 Å². The smallest absolute Gasteiger partial charge is 0.259 e. The van der Waals surface area contributed by atoms with Crippen molar-refractivity contribution in [1.82, 2.24) is 15.0 Å². The van der Waals surface area contributed by atoms with Gasteiger partial charge in [-0.2, -0.15) is 4.98 Å². The van der Waals surface area contributed by atoms with Crippen molar-refractivity contribution in [2.45, 2.75) is 6.42 Å². The van der Waals surface area contributed by atoms with Crippen LogP contribution in [0.3, 0.4) is 0 Å². The highest BCUT2D eigenvalue weighted by Gasteiger charge is 2.15. The van der Waals surface area contributed by atoms with Gasteiger partial charge in [0.15, 0.2) is 5.82 Å². The molecule has 134 valence electrons. The standard InChI is InChI=1S/C19H18ClN3O3/c1-23(19(24)13-6-5-7-14(12-13)25-2)11-10-17-21-18(26-22-17)15-8-3-4-9-16(15)20/h3-9,12H,10-11H2,1-2H3. The van der Waals surface area contributed by atoms with Gasteiger partial charge in [0.2, 0.25) is 0 Å². The van der Waals surface area contributed by atoms with E-state index in [0.29, 0.717) is 46.6 Å². The zero-order valence-electron chi connectivity index (χ0n) is 14.5. The number of carbonyl (C=O) groups excluding carboxylic acids is 1. The minimum Gasteiger partial charge on any atom is -0.497 e. The zero-order valence-corrected chi connectivity index (χ0v) is 15.2. The average Bonchev–Trinajstić information content (AvgIpc) is 3.14. The van der Waals surface area contributed by atoms with Crippen molar-refractivity contribution in [3.8, 4) is 17.2 Å². The molecule has 0 unspecified atom stereocenters. The molecule has 0 bridgehead atoms. The Morgan fingerprint density at radius 2 is 2.04 bits per heavy atom. The van der Waals surface area contributed by atoms with Gasteiger partial charge in [-0.25, -0.2) is 0 Å². The van der Waals surface area contributed by atoms with Crippen LogP contribution in [0.5, 0.6) is 5.75 Å². The normalized spacial score (nSPS) is 10.6. The second-order valence-electron chi connectivity index (χ2n) is 5.70. The number of rotatable bonds is 6. The van der Waals surface area contributed by atoms with Crippen molar-refractivity contribution in [2.24, 2.45) is 0 Å². The van der Waals surface area contributed by atoms with Crippen LogP contribution in [0, 0.1) is 0 Å². The second-order valence-corrected chi connectivity index (χ2v) is 6.11. The molecule has 0 aliphatic heterocycles. The fourth-order valence-corrected chi connectivity index (χ4v) is 2.66. The molecule has 0 atom stereocenters. The quantitative estimate of drug-likeness (QED) is 0.660. The zero-order chi connectivity index (χ0) is 18.5. The summed E-state index contributed by atoms with van der Waals surface area (Å²) < 4.78 is 10.4. The van der Waals surface area contributed by atoms with Gasteiger partial charge in [0.05, 0.1) is 17.7 Å². The van der Waals surface area contributed by atoms with Gasteiger partial charge >= 0.3 is 0 Å². The fourth-order valence-electron chi connectivity index (χ4n) is 2.45. The van der Waals surface area contributed by atoms with E-state index in [1.165, 1.54) is 0 Å². The second kappa shape index (κ2) is 8.01. The predicted octanol–water partition coefficient (Wildman–Crippen LogP) is 3.71. The third-order valence-electron chi connectivity index (χ3n) is 3.91. The Kier molecular flexibility index (Phi) is 5.53. The molecule has 6 nitrogen and oxygen atoms in total. The van der Waals surface area contributed by atoms with Gasteiger partial charge in [0, 0.05) is 25.6 Å². The van der Waals surface area contributed by atoms with Gasteiger partial charge in [-0.3, -0.25) is 4.79 Å². The molecule has 0 N–H and O–H groups in total. The Morgan fingerprint density at radius 3 is 2.81 bits per heavy atom. The van der Waals surface area contributed by atoms with Crippen LogP contribution in [0.25, 0.3) is 11.5 Å². The van der Waals surface area contributed by atoms with Crippen LogP contribution in [-0.4, -0.2) is 41.6 Å². The third kappa shape index (κ3) is 4.03. The van der Waals surface area contributed by atoms with E-state index in [1.807, 2.05) is 18.2 Å². The van der Waals surface area contributed by atoms with Gasteiger partial charge in [0.1, 0.15) is 5.75 Å². The average molecular weight is 372 g/mol. The Morgan fingerprint density at radius 1 is 1.23 bits per heavy atom. The maximum atomic E-state index is 12.5. The van der Waals surface area contributed by atoms with Crippen LogP contribution < -0.4 is 4.74 Å². The van der Waals surface area contributed by atoms with Crippen LogP contribution in [0.4, 0.5) is 0 Å². The number of carbonyl (C=O) groups is 1. The summed E-state index contributed by atoms with van der Waals surface area (Å²) >= 11 is 6.14. The molecule has 0 saturated heterocycles. The Bertz CT molecular complexity index is 910. The fraction of sp³-hybridized carbons (Fsp3) is 0.211. The summed E-state index contributed by atoms with van der Waals surface area (Å²) in [6.45, 7) is 0.456. The summed E-state index contributed by atoms with van der Waals surface area (Å²) in [4.78, 5) is 18.5. The third-order valence-corrected chi connectivity index (χ3v) is 4.24. The lowest BCUT2D eigenvalue weighted by molar-refractivity contribution is 0.0795. The molecule has 2 aromatic carbocycles. The first-order valence-electron chi connectivity index (χ1n) is 8.05. The summed E-state index contributed by atoms with van der Waals surface area (Å²) in [7, 11) is 3.30. The van der Waals surface area contributed by atoms with Crippen LogP contribution in [-0.2, 0) is 6.42 Å². The Labute approximate surface area is 156 Å². The first-order valence-corrected chi connectivity index (χ1v) is 8.43.